The van der Waals surface area contributed by atoms with Crippen molar-refractivity contribution < 1.29 is 4.65 Å². The van der Waals surface area contributed by atoms with Gasteiger partial charge < -0.3 is 9.85 Å². The second-order valence-electron chi connectivity index (χ2n) is 3.60. The molecule has 0 radical (unpaired) electrons. The second-order valence-corrected chi connectivity index (χ2v) is 3.60. The highest BCUT2D eigenvalue weighted by atomic mass is 16.5. The predicted molar refractivity (Wildman–Crippen MR) is 42.3 cm³/mol. The fourth-order valence-electron chi connectivity index (χ4n) is 1.54. The standard InChI is InChI=1S/C8H17NO/c1-8-6-4-3-5-7-9(8,2)10/h8H,3-7H2,1-2H3. The molecule has 0 aromatic heterocycles. The molecule has 2 unspecified atom stereocenters. The summed E-state index contributed by atoms with van der Waals surface area (Å²) in [7, 11) is 1.80. The predicted octanol–water partition coefficient (Wildman–Crippen LogP) is 1.89. The average molecular weight is 143 g/mol. The van der Waals surface area contributed by atoms with Crippen molar-refractivity contribution in [2.45, 2.75) is 38.6 Å². The van der Waals surface area contributed by atoms with Gasteiger partial charge in [-0.15, -0.1) is 0 Å². The van der Waals surface area contributed by atoms with Gasteiger partial charge >= 0.3 is 0 Å². The van der Waals surface area contributed by atoms with Gasteiger partial charge in [-0.2, -0.15) is 0 Å². The maximum absolute atomic E-state index is 11.6. The highest BCUT2D eigenvalue weighted by molar-refractivity contribution is 4.59. The molecule has 1 heterocycles. The number of likely N-dealkylation sites (tertiary alicyclic amines) is 1. The molecule has 1 fully saturated rings. The molecule has 0 bridgehead atoms. The first-order chi connectivity index (χ1) is 4.63. The summed E-state index contributed by atoms with van der Waals surface area (Å²) in [4.78, 5) is 0. The fourth-order valence-corrected chi connectivity index (χ4v) is 1.54. The number of hydroxylamine groups is 3. The van der Waals surface area contributed by atoms with E-state index in [9.17, 15) is 5.21 Å². The maximum atomic E-state index is 11.6. The molecule has 1 rings (SSSR count). The largest absolute Gasteiger partial charge is 0.633 e. The first kappa shape index (κ1) is 8.02. The van der Waals surface area contributed by atoms with Gasteiger partial charge in [0, 0.05) is 0 Å². The lowest BCUT2D eigenvalue weighted by Crippen LogP contribution is -2.44. The number of rotatable bonds is 0. The summed E-state index contributed by atoms with van der Waals surface area (Å²) in [6.45, 7) is 2.89. The van der Waals surface area contributed by atoms with Crippen molar-refractivity contribution in [1.29, 1.82) is 0 Å². The SMILES string of the molecule is CC1CCCCC[N+]1(C)[O-]. The summed E-state index contributed by atoms with van der Waals surface area (Å²) in [5, 5.41) is 11.6. The van der Waals surface area contributed by atoms with Crippen molar-refractivity contribution in [3.8, 4) is 0 Å². The monoisotopic (exact) mass is 143 g/mol. The smallest absolute Gasteiger partial charge is 0.0856 e. The van der Waals surface area contributed by atoms with Gasteiger partial charge in [0.25, 0.3) is 0 Å². The van der Waals surface area contributed by atoms with Gasteiger partial charge in [0.1, 0.15) is 0 Å². The van der Waals surface area contributed by atoms with Crippen molar-refractivity contribution in [1.82, 2.24) is 0 Å². The molecule has 0 aromatic rings. The first-order valence-electron chi connectivity index (χ1n) is 4.19. The molecule has 2 atom stereocenters. The summed E-state index contributed by atoms with van der Waals surface area (Å²) in [6, 6.07) is 0.322. The van der Waals surface area contributed by atoms with Crippen LogP contribution < -0.4 is 0 Å². The summed E-state index contributed by atoms with van der Waals surface area (Å²) < 4.78 is -0.0139. The van der Waals surface area contributed by atoms with E-state index in [0.717, 1.165) is 19.4 Å². The van der Waals surface area contributed by atoms with E-state index in [0.29, 0.717) is 6.04 Å². The Bertz CT molecular complexity index is 112. The van der Waals surface area contributed by atoms with Gasteiger partial charge in [0.15, 0.2) is 0 Å². The van der Waals surface area contributed by atoms with Gasteiger partial charge in [-0.25, -0.2) is 0 Å². The third-order valence-electron chi connectivity index (χ3n) is 2.66. The van der Waals surface area contributed by atoms with Crippen LogP contribution in [0.2, 0.25) is 0 Å². The average Bonchev–Trinajstić information content (AvgIpc) is 1.96. The van der Waals surface area contributed by atoms with E-state index in [2.05, 4.69) is 6.92 Å². The van der Waals surface area contributed by atoms with Crippen LogP contribution in [0.4, 0.5) is 0 Å². The Balaban J connectivity index is 2.52. The van der Waals surface area contributed by atoms with Crippen molar-refractivity contribution in [3.05, 3.63) is 5.21 Å². The fraction of sp³-hybridized carbons (Fsp3) is 1.00. The quantitative estimate of drug-likeness (QED) is 0.375. The lowest BCUT2D eigenvalue weighted by atomic mass is 10.1. The first-order valence-corrected chi connectivity index (χ1v) is 4.19. The Labute approximate surface area is 63.0 Å². The van der Waals surface area contributed by atoms with Crippen LogP contribution in [0.3, 0.4) is 0 Å². The molecule has 0 N–H and O–H groups in total. The molecular formula is C8H17NO. The van der Waals surface area contributed by atoms with E-state index in [4.69, 9.17) is 0 Å². The Morgan fingerprint density at radius 3 is 2.70 bits per heavy atom. The van der Waals surface area contributed by atoms with Crippen LogP contribution in [-0.4, -0.2) is 24.3 Å². The van der Waals surface area contributed by atoms with Crippen LogP contribution in [0, 0.1) is 5.21 Å². The van der Waals surface area contributed by atoms with Crippen LogP contribution in [0.15, 0.2) is 0 Å². The van der Waals surface area contributed by atoms with E-state index in [1.807, 2.05) is 0 Å². The van der Waals surface area contributed by atoms with Crippen molar-refractivity contribution in [2.75, 3.05) is 13.6 Å². The highest BCUT2D eigenvalue weighted by Crippen LogP contribution is 2.20. The molecular weight excluding hydrogens is 126 g/mol. The summed E-state index contributed by atoms with van der Waals surface area (Å²) in [6.07, 6.45) is 4.72. The van der Waals surface area contributed by atoms with E-state index >= 15 is 0 Å². The molecule has 2 nitrogen and oxygen atoms in total. The van der Waals surface area contributed by atoms with Gasteiger partial charge in [-0.05, 0) is 32.6 Å². The Morgan fingerprint density at radius 1 is 1.30 bits per heavy atom. The summed E-state index contributed by atoms with van der Waals surface area (Å²) >= 11 is 0. The van der Waals surface area contributed by atoms with Gasteiger partial charge in [0.05, 0.1) is 19.6 Å². The van der Waals surface area contributed by atoms with E-state index < -0.39 is 0 Å². The zero-order valence-electron chi connectivity index (χ0n) is 6.97. The molecule has 0 amide bonds. The zero-order chi connectivity index (χ0) is 7.61. The maximum Gasteiger partial charge on any atom is 0.0856 e. The second kappa shape index (κ2) is 2.89. The van der Waals surface area contributed by atoms with Gasteiger partial charge in [0.2, 0.25) is 0 Å². The highest BCUT2D eigenvalue weighted by Gasteiger charge is 2.21. The van der Waals surface area contributed by atoms with Gasteiger partial charge in [-0.3, -0.25) is 0 Å². The number of hydrogen-bond acceptors (Lipinski definition) is 1. The minimum atomic E-state index is -0.0139. The Kier molecular flexibility index (Phi) is 2.32. The molecule has 1 aliphatic heterocycles. The third-order valence-corrected chi connectivity index (χ3v) is 2.66. The van der Waals surface area contributed by atoms with E-state index in [-0.39, 0.29) is 4.65 Å². The minimum absolute atomic E-state index is 0.0139. The van der Waals surface area contributed by atoms with Gasteiger partial charge in [-0.1, -0.05) is 0 Å². The van der Waals surface area contributed by atoms with Crippen LogP contribution >= 0.6 is 0 Å². The Morgan fingerprint density at radius 2 is 2.00 bits per heavy atom. The Hall–Kier alpha value is -0.0800. The van der Waals surface area contributed by atoms with Crippen molar-refractivity contribution in [3.63, 3.8) is 0 Å². The van der Waals surface area contributed by atoms with Crippen LogP contribution in [-0.2, 0) is 0 Å². The molecule has 1 aliphatic rings. The molecule has 2 heteroatoms. The normalized spacial score (nSPS) is 42.9. The topological polar surface area (TPSA) is 23.1 Å². The zero-order valence-corrected chi connectivity index (χ0v) is 6.97. The summed E-state index contributed by atoms with van der Waals surface area (Å²) in [5.41, 5.74) is 0. The van der Waals surface area contributed by atoms with E-state index in [1.165, 1.54) is 12.8 Å². The number of nitrogens with zero attached hydrogens (tertiary/aromatic N) is 1. The molecule has 60 valence electrons. The lowest BCUT2D eigenvalue weighted by Gasteiger charge is -2.43. The molecule has 0 aliphatic carbocycles. The minimum Gasteiger partial charge on any atom is -0.633 e. The molecule has 1 saturated heterocycles. The van der Waals surface area contributed by atoms with E-state index in [1.54, 1.807) is 7.05 Å². The lowest BCUT2D eigenvalue weighted by molar-refractivity contribution is -0.883. The van der Waals surface area contributed by atoms with Crippen LogP contribution in [0.1, 0.15) is 32.6 Å². The van der Waals surface area contributed by atoms with Crippen molar-refractivity contribution in [2.24, 2.45) is 0 Å². The molecule has 10 heavy (non-hydrogen) atoms. The summed E-state index contributed by atoms with van der Waals surface area (Å²) in [5.74, 6) is 0. The number of hydrogen-bond donors (Lipinski definition) is 0. The number of quaternary nitrogens is 1. The molecule has 0 saturated carbocycles. The third kappa shape index (κ3) is 1.70. The molecule has 0 aromatic carbocycles. The molecule has 0 spiro atoms. The van der Waals surface area contributed by atoms with Crippen LogP contribution in [0.25, 0.3) is 0 Å². The van der Waals surface area contributed by atoms with Crippen molar-refractivity contribution >= 4 is 0 Å². The van der Waals surface area contributed by atoms with Crippen LogP contribution in [0.5, 0.6) is 0 Å².